The molecule has 1 heterocycles. The topological polar surface area (TPSA) is 64.0 Å². The van der Waals surface area contributed by atoms with E-state index in [4.69, 9.17) is 0 Å². The van der Waals surface area contributed by atoms with Crippen LogP contribution in [-0.2, 0) is 13.0 Å². The standard InChI is InChI=1S/C17H21N3O2S/c1-3-13-11-16(21)20(12-19-13)10-9-18-17(22)14-7-5-6-8-15(14)23-4-2/h5-8,11-12H,3-4,9-10H2,1-2H3,(H,18,22). The Bertz CT molecular complexity index is 728. The van der Waals surface area contributed by atoms with Gasteiger partial charge in [0.2, 0.25) is 0 Å². The quantitative estimate of drug-likeness (QED) is 0.791. The zero-order chi connectivity index (χ0) is 16.7. The molecule has 0 bridgehead atoms. The van der Waals surface area contributed by atoms with Crippen LogP contribution in [0.2, 0.25) is 0 Å². The highest BCUT2D eigenvalue weighted by Gasteiger charge is 2.10. The minimum Gasteiger partial charge on any atom is -0.350 e. The largest absolute Gasteiger partial charge is 0.350 e. The number of benzene rings is 1. The summed E-state index contributed by atoms with van der Waals surface area (Å²) in [6.07, 6.45) is 2.27. The second-order valence-electron chi connectivity index (χ2n) is 4.95. The van der Waals surface area contributed by atoms with E-state index in [0.717, 1.165) is 22.8 Å². The van der Waals surface area contributed by atoms with Crippen molar-refractivity contribution >= 4 is 17.7 Å². The molecule has 1 aromatic carbocycles. The van der Waals surface area contributed by atoms with Gasteiger partial charge < -0.3 is 5.32 Å². The highest BCUT2D eigenvalue weighted by Crippen LogP contribution is 2.21. The summed E-state index contributed by atoms with van der Waals surface area (Å²) in [5.74, 6) is 0.794. The van der Waals surface area contributed by atoms with Crippen LogP contribution in [-0.4, -0.2) is 27.8 Å². The Morgan fingerprint density at radius 1 is 1.30 bits per heavy atom. The van der Waals surface area contributed by atoms with E-state index in [1.165, 1.54) is 17.0 Å². The SMILES string of the molecule is CCSc1ccccc1C(=O)NCCn1cnc(CC)cc1=O. The second-order valence-corrected chi connectivity index (χ2v) is 6.26. The average molecular weight is 331 g/mol. The Kier molecular flexibility index (Phi) is 6.40. The van der Waals surface area contributed by atoms with E-state index in [-0.39, 0.29) is 11.5 Å². The zero-order valence-electron chi connectivity index (χ0n) is 13.4. The third kappa shape index (κ3) is 4.69. The lowest BCUT2D eigenvalue weighted by Crippen LogP contribution is -2.31. The van der Waals surface area contributed by atoms with Crippen LogP contribution >= 0.6 is 11.8 Å². The molecule has 2 rings (SSSR count). The van der Waals surface area contributed by atoms with Crippen molar-refractivity contribution in [1.29, 1.82) is 0 Å². The van der Waals surface area contributed by atoms with Crippen molar-refractivity contribution in [3.05, 3.63) is 58.3 Å². The summed E-state index contributed by atoms with van der Waals surface area (Å²) < 4.78 is 1.51. The molecule has 2 aromatic rings. The smallest absolute Gasteiger partial charge is 0.253 e. The average Bonchev–Trinajstić information content (AvgIpc) is 2.57. The van der Waals surface area contributed by atoms with Crippen molar-refractivity contribution in [2.75, 3.05) is 12.3 Å². The molecule has 0 radical (unpaired) electrons. The normalized spacial score (nSPS) is 10.5. The highest BCUT2D eigenvalue weighted by atomic mass is 32.2. The number of nitrogens with one attached hydrogen (secondary N) is 1. The number of amides is 1. The van der Waals surface area contributed by atoms with E-state index >= 15 is 0 Å². The van der Waals surface area contributed by atoms with Crippen LogP contribution in [0.1, 0.15) is 29.9 Å². The van der Waals surface area contributed by atoms with Crippen LogP contribution in [0.15, 0.2) is 46.3 Å². The second kappa shape index (κ2) is 8.53. The Morgan fingerprint density at radius 3 is 2.78 bits per heavy atom. The van der Waals surface area contributed by atoms with Gasteiger partial charge in [-0.25, -0.2) is 4.98 Å². The van der Waals surface area contributed by atoms with E-state index in [9.17, 15) is 9.59 Å². The molecule has 5 nitrogen and oxygen atoms in total. The predicted molar refractivity (Wildman–Crippen MR) is 93.0 cm³/mol. The van der Waals surface area contributed by atoms with Crippen molar-refractivity contribution in [2.24, 2.45) is 0 Å². The summed E-state index contributed by atoms with van der Waals surface area (Å²) in [4.78, 5) is 29.3. The van der Waals surface area contributed by atoms with E-state index in [1.54, 1.807) is 11.8 Å². The molecule has 0 saturated carbocycles. The molecular weight excluding hydrogens is 310 g/mol. The fourth-order valence-electron chi connectivity index (χ4n) is 2.15. The third-order valence-electron chi connectivity index (χ3n) is 3.37. The molecule has 1 amide bonds. The Morgan fingerprint density at radius 2 is 2.09 bits per heavy atom. The molecule has 0 aliphatic rings. The molecule has 1 aromatic heterocycles. The van der Waals surface area contributed by atoms with Gasteiger partial charge in [-0.2, -0.15) is 0 Å². The van der Waals surface area contributed by atoms with Gasteiger partial charge in [0, 0.05) is 29.7 Å². The predicted octanol–water partition coefficient (Wildman–Crippen LogP) is 2.35. The summed E-state index contributed by atoms with van der Waals surface area (Å²) in [6, 6.07) is 9.08. The van der Waals surface area contributed by atoms with E-state index in [0.29, 0.717) is 18.7 Å². The van der Waals surface area contributed by atoms with Crippen LogP contribution in [0.25, 0.3) is 0 Å². The van der Waals surface area contributed by atoms with Gasteiger partial charge in [-0.15, -0.1) is 11.8 Å². The van der Waals surface area contributed by atoms with Crippen LogP contribution < -0.4 is 10.9 Å². The molecule has 0 fully saturated rings. The van der Waals surface area contributed by atoms with Gasteiger partial charge in [0.25, 0.3) is 11.5 Å². The van der Waals surface area contributed by atoms with Gasteiger partial charge in [-0.3, -0.25) is 14.2 Å². The minimum atomic E-state index is -0.118. The molecule has 122 valence electrons. The number of thioether (sulfide) groups is 1. The Labute approximate surface area is 140 Å². The molecular formula is C17H21N3O2S. The number of carbonyl (C=O) groups excluding carboxylic acids is 1. The molecule has 0 saturated heterocycles. The van der Waals surface area contributed by atoms with Gasteiger partial charge in [0.15, 0.2) is 0 Å². The molecule has 0 unspecified atom stereocenters. The number of aryl methyl sites for hydroxylation is 1. The van der Waals surface area contributed by atoms with E-state index < -0.39 is 0 Å². The summed E-state index contributed by atoms with van der Waals surface area (Å²) in [7, 11) is 0. The number of carbonyl (C=O) groups is 1. The number of rotatable bonds is 7. The minimum absolute atomic E-state index is 0.0898. The third-order valence-corrected chi connectivity index (χ3v) is 4.32. The highest BCUT2D eigenvalue weighted by molar-refractivity contribution is 7.99. The molecule has 6 heteroatoms. The Hall–Kier alpha value is -2.08. The lowest BCUT2D eigenvalue weighted by atomic mass is 10.2. The van der Waals surface area contributed by atoms with Crippen molar-refractivity contribution in [2.45, 2.75) is 31.7 Å². The van der Waals surface area contributed by atoms with Crippen molar-refractivity contribution in [3.8, 4) is 0 Å². The molecule has 1 N–H and O–H groups in total. The number of hydrogen-bond donors (Lipinski definition) is 1. The van der Waals surface area contributed by atoms with E-state index in [1.807, 2.05) is 31.2 Å². The van der Waals surface area contributed by atoms with Gasteiger partial charge in [-0.1, -0.05) is 26.0 Å². The van der Waals surface area contributed by atoms with Gasteiger partial charge in [0.05, 0.1) is 11.9 Å². The molecule has 0 aliphatic heterocycles. The summed E-state index contributed by atoms with van der Waals surface area (Å²) in [6.45, 7) is 4.80. The fourth-order valence-corrected chi connectivity index (χ4v) is 2.95. The lowest BCUT2D eigenvalue weighted by molar-refractivity contribution is 0.0949. The van der Waals surface area contributed by atoms with Crippen LogP contribution in [0.3, 0.4) is 0 Å². The Balaban J connectivity index is 1.96. The molecule has 0 spiro atoms. The van der Waals surface area contributed by atoms with Crippen LogP contribution in [0.5, 0.6) is 0 Å². The zero-order valence-corrected chi connectivity index (χ0v) is 14.2. The number of hydrogen-bond acceptors (Lipinski definition) is 4. The molecule has 0 atom stereocenters. The monoisotopic (exact) mass is 331 g/mol. The van der Waals surface area contributed by atoms with Gasteiger partial charge >= 0.3 is 0 Å². The first-order valence-electron chi connectivity index (χ1n) is 7.71. The maximum atomic E-state index is 12.3. The van der Waals surface area contributed by atoms with Gasteiger partial charge in [-0.05, 0) is 24.3 Å². The number of aromatic nitrogens is 2. The maximum absolute atomic E-state index is 12.3. The first-order valence-corrected chi connectivity index (χ1v) is 8.69. The van der Waals surface area contributed by atoms with E-state index in [2.05, 4.69) is 17.2 Å². The summed E-state index contributed by atoms with van der Waals surface area (Å²) in [5, 5.41) is 2.86. The number of nitrogens with zero attached hydrogens (tertiary/aromatic N) is 2. The summed E-state index contributed by atoms with van der Waals surface area (Å²) in [5.41, 5.74) is 1.36. The summed E-state index contributed by atoms with van der Waals surface area (Å²) >= 11 is 1.64. The van der Waals surface area contributed by atoms with Crippen LogP contribution in [0.4, 0.5) is 0 Å². The first kappa shape index (κ1) is 17.3. The lowest BCUT2D eigenvalue weighted by Gasteiger charge is -2.10. The van der Waals surface area contributed by atoms with Crippen molar-refractivity contribution in [1.82, 2.24) is 14.9 Å². The maximum Gasteiger partial charge on any atom is 0.253 e. The molecule has 23 heavy (non-hydrogen) atoms. The molecule has 0 aliphatic carbocycles. The van der Waals surface area contributed by atoms with Crippen molar-refractivity contribution in [3.63, 3.8) is 0 Å². The van der Waals surface area contributed by atoms with Gasteiger partial charge in [0.1, 0.15) is 0 Å². The first-order chi connectivity index (χ1) is 11.2. The van der Waals surface area contributed by atoms with Crippen molar-refractivity contribution < 1.29 is 4.79 Å². The van der Waals surface area contributed by atoms with Crippen LogP contribution in [0, 0.1) is 0 Å². The fraction of sp³-hybridized carbons (Fsp3) is 0.353.